The topological polar surface area (TPSA) is 57.6 Å². The van der Waals surface area contributed by atoms with Crippen LogP contribution < -0.4 is 0 Å². The van der Waals surface area contributed by atoms with E-state index >= 15 is 0 Å². The molecule has 1 aromatic carbocycles. The maximum absolute atomic E-state index is 12.2. The zero-order valence-electron chi connectivity index (χ0n) is 12.7. The van der Waals surface area contributed by atoms with E-state index in [4.69, 9.17) is 0 Å². The average molecular weight is 297 g/mol. The van der Waals surface area contributed by atoms with Crippen molar-refractivity contribution >= 4 is 11.6 Å². The number of benzene rings is 1. The fraction of sp³-hybridized carbons (Fsp3) is 0.222. The lowest BCUT2D eigenvalue weighted by molar-refractivity contribution is 0.0988. The predicted octanol–water partition coefficient (Wildman–Crippen LogP) is 3.29. The van der Waals surface area contributed by atoms with Gasteiger partial charge in [0.1, 0.15) is 5.76 Å². The first-order chi connectivity index (χ1) is 10.6. The minimum atomic E-state index is -0.340. The highest BCUT2D eigenvalue weighted by Gasteiger charge is 2.32. The highest BCUT2D eigenvalue weighted by molar-refractivity contribution is 6.39. The Morgan fingerprint density at radius 1 is 1.09 bits per heavy atom. The lowest BCUT2D eigenvalue weighted by Gasteiger charge is -2.13. The molecule has 1 aromatic rings. The molecule has 0 spiro atoms. The van der Waals surface area contributed by atoms with Gasteiger partial charge in [0.2, 0.25) is 0 Å². The van der Waals surface area contributed by atoms with Crippen LogP contribution >= 0.6 is 0 Å². The number of hydrogen-bond donors (Lipinski definition) is 1. The van der Waals surface area contributed by atoms with Crippen LogP contribution in [0.15, 0.2) is 60.0 Å². The second-order valence-electron chi connectivity index (χ2n) is 4.92. The molecule has 1 aliphatic carbocycles. The zero-order chi connectivity index (χ0) is 16.1. The van der Waals surface area contributed by atoms with E-state index in [-0.39, 0.29) is 22.9 Å². The molecule has 0 heterocycles. The summed E-state index contributed by atoms with van der Waals surface area (Å²) in [6, 6.07) is 6.68. The number of nitrogens with zero attached hydrogens (tertiary/aromatic N) is 1. The third kappa shape index (κ3) is 3.17. The van der Waals surface area contributed by atoms with Gasteiger partial charge >= 0.3 is 0 Å². The Morgan fingerprint density at radius 3 is 2.14 bits per heavy atom. The number of aliphatic hydroxyl groups excluding tert-OH is 1. The summed E-state index contributed by atoms with van der Waals surface area (Å²) in [5.74, 6) is -0.797. The summed E-state index contributed by atoms with van der Waals surface area (Å²) in [4.78, 5) is 26.4. The number of carbonyl (C=O) groups excluding carboxylic acids is 2. The van der Waals surface area contributed by atoms with Crippen molar-refractivity contribution in [1.82, 2.24) is 4.90 Å². The van der Waals surface area contributed by atoms with E-state index in [1.54, 1.807) is 30.3 Å². The predicted molar refractivity (Wildman–Crippen MR) is 86.0 cm³/mol. The summed E-state index contributed by atoms with van der Waals surface area (Å²) in [6.07, 6.45) is 6.24. The fourth-order valence-electron chi connectivity index (χ4n) is 2.30. The highest BCUT2D eigenvalue weighted by Crippen LogP contribution is 2.26. The molecule has 0 radical (unpaired) electrons. The zero-order valence-corrected chi connectivity index (χ0v) is 12.7. The normalized spacial score (nSPS) is 14.6. The maximum Gasteiger partial charge on any atom is 0.197 e. The molecule has 4 heteroatoms. The van der Waals surface area contributed by atoms with Crippen LogP contribution in [0.1, 0.15) is 34.6 Å². The molecule has 2 rings (SSSR count). The number of fused-ring (bicyclic) bond motifs is 1. The van der Waals surface area contributed by atoms with Gasteiger partial charge in [-0.3, -0.25) is 9.59 Å². The SMILES string of the molecule is CCN(/C=C/C=C(\O)C=C1C(=O)c2ccccc2C1=O)CC. The van der Waals surface area contributed by atoms with Crippen LogP contribution in [0.25, 0.3) is 0 Å². The van der Waals surface area contributed by atoms with Gasteiger partial charge in [-0.15, -0.1) is 0 Å². The molecule has 0 bridgehead atoms. The first-order valence-electron chi connectivity index (χ1n) is 7.30. The third-order valence-electron chi connectivity index (χ3n) is 3.57. The van der Waals surface area contributed by atoms with Gasteiger partial charge in [-0.25, -0.2) is 0 Å². The molecule has 0 atom stereocenters. The Hall–Kier alpha value is -2.62. The number of ketones is 2. The number of rotatable bonds is 5. The van der Waals surface area contributed by atoms with Gasteiger partial charge in [-0.05, 0) is 38.3 Å². The van der Waals surface area contributed by atoms with Crippen LogP contribution in [0, 0.1) is 0 Å². The van der Waals surface area contributed by atoms with Crippen molar-refractivity contribution in [3.8, 4) is 0 Å². The summed E-state index contributed by atoms with van der Waals surface area (Å²) < 4.78 is 0. The van der Waals surface area contributed by atoms with Crippen molar-refractivity contribution in [3.63, 3.8) is 0 Å². The van der Waals surface area contributed by atoms with Crippen molar-refractivity contribution < 1.29 is 14.7 Å². The van der Waals surface area contributed by atoms with Crippen LogP contribution in [0.3, 0.4) is 0 Å². The molecule has 1 aliphatic rings. The van der Waals surface area contributed by atoms with Crippen LogP contribution in [0.2, 0.25) is 0 Å². The Bertz CT molecular complexity index is 642. The van der Waals surface area contributed by atoms with Gasteiger partial charge < -0.3 is 10.0 Å². The summed E-state index contributed by atoms with van der Waals surface area (Å²) in [5.41, 5.74) is 0.793. The van der Waals surface area contributed by atoms with Gasteiger partial charge in [0, 0.05) is 24.2 Å². The van der Waals surface area contributed by atoms with E-state index < -0.39 is 0 Å². The number of carbonyl (C=O) groups is 2. The van der Waals surface area contributed by atoms with Crippen LogP contribution in [0.5, 0.6) is 0 Å². The molecule has 1 N–H and O–H groups in total. The molecule has 0 unspecified atom stereocenters. The average Bonchev–Trinajstić information content (AvgIpc) is 2.77. The molecule has 0 amide bonds. The van der Waals surface area contributed by atoms with Crippen molar-refractivity contribution in [2.45, 2.75) is 13.8 Å². The van der Waals surface area contributed by atoms with Crippen LogP contribution in [-0.2, 0) is 0 Å². The third-order valence-corrected chi connectivity index (χ3v) is 3.57. The van der Waals surface area contributed by atoms with Gasteiger partial charge in [-0.1, -0.05) is 24.3 Å². The van der Waals surface area contributed by atoms with E-state index in [1.165, 1.54) is 12.2 Å². The molecule has 4 nitrogen and oxygen atoms in total. The first-order valence-corrected chi connectivity index (χ1v) is 7.30. The molecule has 0 saturated heterocycles. The molecule has 0 saturated carbocycles. The summed E-state index contributed by atoms with van der Waals surface area (Å²) in [5, 5.41) is 9.89. The van der Waals surface area contributed by atoms with Crippen molar-refractivity contribution in [1.29, 1.82) is 0 Å². The molecule has 0 aromatic heterocycles. The molecular weight excluding hydrogens is 278 g/mol. The molecule has 22 heavy (non-hydrogen) atoms. The largest absolute Gasteiger partial charge is 0.508 e. The smallest absolute Gasteiger partial charge is 0.197 e. The van der Waals surface area contributed by atoms with Crippen molar-refractivity contribution in [3.05, 3.63) is 71.2 Å². The fourth-order valence-corrected chi connectivity index (χ4v) is 2.30. The summed E-state index contributed by atoms with van der Waals surface area (Å²) >= 11 is 0. The van der Waals surface area contributed by atoms with E-state index in [2.05, 4.69) is 4.90 Å². The summed E-state index contributed by atoms with van der Waals surface area (Å²) in [6.45, 7) is 5.81. The van der Waals surface area contributed by atoms with Crippen molar-refractivity contribution in [2.24, 2.45) is 0 Å². The van der Waals surface area contributed by atoms with Gasteiger partial charge in [0.15, 0.2) is 11.6 Å². The van der Waals surface area contributed by atoms with Crippen LogP contribution in [-0.4, -0.2) is 34.7 Å². The highest BCUT2D eigenvalue weighted by atomic mass is 16.3. The van der Waals surface area contributed by atoms with E-state index in [0.29, 0.717) is 11.1 Å². The second-order valence-corrected chi connectivity index (χ2v) is 4.92. The van der Waals surface area contributed by atoms with Gasteiger partial charge in [0.05, 0.1) is 5.57 Å². The minimum absolute atomic E-state index is 0.00573. The number of Topliss-reactive ketones (excluding diaryl/α,β-unsaturated/α-hetero) is 2. The lowest BCUT2D eigenvalue weighted by atomic mass is 10.1. The monoisotopic (exact) mass is 297 g/mol. The van der Waals surface area contributed by atoms with Crippen LogP contribution in [0.4, 0.5) is 0 Å². The first kappa shape index (κ1) is 15.8. The Morgan fingerprint density at radius 2 is 1.64 bits per heavy atom. The van der Waals surface area contributed by atoms with Gasteiger partial charge in [0.25, 0.3) is 0 Å². The van der Waals surface area contributed by atoms with Gasteiger partial charge in [-0.2, -0.15) is 0 Å². The quantitative estimate of drug-likeness (QED) is 0.392. The molecule has 0 fully saturated rings. The molecule has 0 aliphatic heterocycles. The standard InChI is InChI=1S/C18H19NO3/c1-3-19(4-2)11-7-8-13(20)12-16-17(21)14-9-5-6-10-15(14)18(16)22/h5-12,20H,3-4H2,1-2H3/b11-7+,13-8-. The van der Waals surface area contributed by atoms with E-state index in [0.717, 1.165) is 13.1 Å². The van der Waals surface area contributed by atoms with E-state index in [9.17, 15) is 14.7 Å². The number of hydrogen-bond acceptors (Lipinski definition) is 4. The minimum Gasteiger partial charge on any atom is -0.508 e. The summed E-state index contributed by atoms with van der Waals surface area (Å²) in [7, 11) is 0. The Labute approximate surface area is 130 Å². The van der Waals surface area contributed by atoms with Crippen molar-refractivity contribution in [2.75, 3.05) is 13.1 Å². The Kier molecular flexibility index (Phi) is 4.94. The lowest BCUT2D eigenvalue weighted by Crippen LogP contribution is -2.14. The second kappa shape index (κ2) is 6.89. The number of aliphatic hydroxyl groups is 1. The maximum atomic E-state index is 12.2. The number of allylic oxidation sites excluding steroid dienone is 4. The van der Waals surface area contributed by atoms with E-state index in [1.807, 2.05) is 20.0 Å². The Balaban J connectivity index is 2.20. The molecule has 114 valence electrons. The molecular formula is C18H19NO3.